The summed E-state index contributed by atoms with van der Waals surface area (Å²) < 4.78 is 29.2. The molecule has 0 aromatic heterocycles. The standard InChI is InChI=1S/C20H24ClN3O5S/c1-28-19-8-5-17(21)13-16(19)14-23-9-11-24(12-10-23)20(25)15-3-6-18(7-4-15)30(26,27)22-29-2/h3-8,13,22H,9-12,14H2,1-2H3. The Morgan fingerprint density at radius 2 is 1.73 bits per heavy atom. The molecule has 1 saturated heterocycles. The normalized spacial score (nSPS) is 15.2. The molecule has 0 radical (unpaired) electrons. The van der Waals surface area contributed by atoms with E-state index in [1.807, 2.05) is 17.0 Å². The second-order valence-electron chi connectivity index (χ2n) is 6.84. The summed E-state index contributed by atoms with van der Waals surface area (Å²) in [5.74, 6) is 0.662. The molecule has 0 bridgehead atoms. The number of sulfonamides is 1. The summed E-state index contributed by atoms with van der Waals surface area (Å²) in [7, 11) is -0.897. The number of halogens is 1. The zero-order chi connectivity index (χ0) is 21.7. The maximum absolute atomic E-state index is 12.8. The van der Waals surface area contributed by atoms with E-state index < -0.39 is 10.0 Å². The lowest BCUT2D eigenvalue weighted by Crippen LogP contribution is -2.48. The first-order valence-corrected chi connectivity index (χ1v) is 11.2. The van der Waals surface area contributed by atoms with Crippen LogP contribution in [-0.2, 0) is 21.4 Å². The van der Waals surface area contributed by atoms with Gasteiger partial charge in [-0.1, -0.05) is 16.5 Å². The highest BCUT2D eigenvalue weighted by Gasteiger charge is 2.23. The van der Waals surface area contributed by atoms with Gasteiger partial charge < -0.3 is 9.64 Å². The summed E-state index contributed by atoms with van der Waals surface area (Å²) >= 11 is 6.11. The van der Waals surface area contributed by atoms with Crippen molar-refractivity contribution in [3.8, 4) is 5.75 Å². The van der Waals surface area contributed by atoms with Gasteiger partial charge in [0.25, 0.3) is 15.9 Å². The van der Waals surface area contributed by atoms with Gasteiger partial charge in [-0.15, -0.1) is 0 Å². The molecule has 1 amide bonds. The van der Waals surface area contributed by atoms with Gasteiger partial charge in [-0.3, -0.25) is 14.5 Å². The van der Waals surface area contributed by atoms with E-state index in [1.54, 1.807) is 18.1 Å². The van der Waals surface area contributed by atoms with Crippen LogP contribution in [0.1, 0.15) is 15.9 Å². The van der Waals surface area contributed by atoms with Crippen LogP contribution in [0.25, 0.3) is 0 Å². The van der Waals surface area contributed by atoms with Crippen LogP contribution in [0.15, 0.2) is 47.4 Å². The second kappa shape index (κ2) is 9.76. The number of hydrogen-bond acceptors (Lipinski definition) is 6. The first kappa shape index (κ1) is 22.5. The Morgan fingerprint density at radius 3 is 2.33 bits per heavy atom. The van der Waals surface area contributed by atoms with Gasteiger partial charge in [0.15, 0.2) is 0 Å². The highest BCUT2D eigenvalue weighted by Crippen LogP contribution is 2.24. The average Bonchev–Trinajstić information content (AvgIpc) is 2.74. The van der Waals surface area contributed by atoms with Crippen LogP contribution >= 0.6 is 11.6 Å². The minimum absolute atomic E-state index is 0.0289. The van der Waals surface area contributed by atoms with Crippen LogP contribution in [0.2, 0.25) is 5.02 Å². The molecule has 0 spiro atoms. The lowest BCUT2D eigenvalue weighted by Gasteiger charge is -2.35. The number of carbonyl (C=O) groups excluding carboxylic acids is 1. The summed E-state index contributed by atoms with van der Waals surface area (Å²) in [5, 5.41) is 0.658. The molecule has 2 aromatic carbocycles. The van der Waals surface area contributed by atoms with Gasteiger partial charge >= 0.3 is 0 Å². The maximum atomic E-state index is 12.8. The molecule has 1 heterocycles. The van der Waals surface area contributed by atoms with Gasteiger partial charge in [0.2, 0.25) is 0 Å². The Labute approximate surface area is 181 Å². The van der Waals surface area contributed by atoms with Crippen LogP contribution < -0.4 is 9.62 Å². The molecular weight excluding hydrogens is 430 g/mol. The molecule has 1 aliphatic rings. The van der Waals surface area contributed by atoms with E-state index in [0.717, 1.165) is 11.3 Å². The lowest BCUT2D eigenvalue weighted by atomic mass is 10.1. The molecule has 0 aliphatic carbocycles. The molecule has 0 saturated carbocycles. The number of nitrogens with zero attached hydrogens (tertiary/aromatic N) is 2. The summed E-state index contributed by atoms with van der Waals surface area (Å²) in [5.41, 5.74) is 1.45. The molecule has 2 aromatic rings. The third kappa shape index (κ3) is 5.30. The van der Waals surface area contributed by atoms with Gasteiger partial charge in [0.1, 0.15) is 5.75 Å². The highest BCUT2D eigenvalue weighted by molar-refractivity contribution is 7.89. The molecule has 10 heteroatoms. The third-order valence-electron chi connectivity index (χ3n) is 4.90. The second-order valence-corrected chi connectivity index (χ2v) is 8.92. The lowest BCUT2D eigenvalue weighted by molar-refractivity contribution is 0.0627. The molecule has 162 valence electrons. The topological polar surface area (TPSA) is 88.2 Å². The number of amides is 1. The summed E-state index contributed by atoms with van der Waals surface area (Å²) in [6.45, 7) is 3.27. The smallest absolute Gasteiger partial charge is 0.262 e. The number of rotatable bonds is 7. The maximum Gasteiger partial charge on any atom is 0.262 e. The number of benzene rings is 2. The minimum atomic E-state index is -3.75. The van der Waals surface area contributed by atoms with E-state index >= 15 is 0 Å². The van der Waals surface area contributed by atoms with Gasteiger partial charge in [-0.05, 0) is 42.5 Å². The first-order valence-electron chi connectivity index (χ1n) is 9.33. The quantitative estimate of drug-likeness (QED) is 0.646. The van der Waals surface area contributed by atoms with E-state index in [2.05, 4.69) is 9.74 Å². The van der Waals surface area contributed by atoms with Crippen molar-refractivity contribution in [2.24, 2.45) is 0 Å². The van der Waals surface area contributed by atoms with Crippen molar-refractivity contribution in [1.29, 1.82) is 0 Å². The van der Waals surface area contributed by atoms with Gasteiger partial charge in [-0.2, -0.15) is 0 Å². The van der Waals surface area contributed by atoms with Gasteiger partial charge in [-0.25, -0.2) is 8.42 Å². The monoisotopic (exact) mass is 453 g/mol. The highest BCUT2D eigenvalue weighted by atomic mass is 35.5. The largest absolute Gasteiger partial charge is 0.496 e. The molecule has 1 N–H and O–H groups in total. The fourth-order valence-corrected chi connectivity index (χ4v) is 4.34. The number of hydrogen-bond donors (Lipinski definition) is 1. The Kier molecular flexibility index (Phi) is 7.32. The molecule has 0 atom stereocenters. The predicted octanol–water partition coefficient (Wildman–Crippen LogP) is 2.15. The number of nitrogens with one attached hydrogen (secondary N) is 1. The molecule has 0 unspecified atom stereocenters. The van der Waals surface area contributed by atoms with Crippen LogP contribution in [0.3, 0.4) is 0 Å². The van der Waals surface area contributed by atoms with Crippen LogP contribution in [-0.4, -0.2) is 64.5 Å². The van der Waals surface area contributed by atoms with E-state index in [4.69, 9.17) is 16.3 Å². The first-order chi connectivity index (χ1) is 14.3. The zero-order valence-electron chi connectivity index (χ0n) is 16.8. The van der Waals surface area contributed by atoms with Crippen LogP contribution in [0, 0.1) is 0 Å². The molecule has 1 fully saturated rings. The average molecular weight is 454 g/mol. The number of ether oxygens (including phenoxy) is 1. The summed E-state index contributed by atoms with van der Waals surface area (Å²) in [6.07, 6.45) is 0. The fourth-order valence-electron chi connectivity index (χ4n) is 3.34. The van der Waals surface area contributed by atoms with Crippen molar-refractivity contribution in [2.75, 3.05) is 40.4 Å². The minimum Gasteiger partial charge on any atom is -0.496 e. The molecule has 1 aliphatic heterocycles. The Balaban J connectivity index is 1.60. The molecule has 8 nitrogen and oxygen atoms in total. The molecule has 3 rings (SSSR count). The number of carbonyl (C=O) groups is 1. The molecule has 30 heavy (non-hydrogen) atoms. The third-order valence-corrected chi connectivity index (χ3v) is 6.41. The van der Waals surface area contributed by atoms with Crippen molar-refractivity contribution in [1.82, 2.24) is 14.7 Å². The number of methoxy groups -OCH3 is 1. The van der Waals surface area contributed by atoms with Crippen LogP contribution in [0.4, 0.5) is 0 Å². The van der Waals surface area contributed by atoms with E-state index in [1.165, 1.54) is 31.4 Å². The van der Waals surface area contributed by atoms with Gasteiger partial charge in [0.05, 0.1) is 19.1 Å². The van der Waals surface area contributed by atoms with Crippen LogP contribution in [0.5, 0.6) is 5.75 Å². The summed E-state index contributed by atoms with van der Waals surface area (Å²) in [4.78, 5) is 23.2. The zero-order valence-corrected chi connectivity index (χ0v) is 18.4. The van der Waals surface area contributed by atoms with E-state index in [0.29, 0.717) is 43.3 Å². The van der Waals surface area contributed by atoms with Crippen molar-refractivity contribution in [2.45, 2.75) is 11.4 Å². The Morgan fingerprint density at radius 1 is 1.07 bits per heavy atom. The van der Waals surface area contributed by atoms with Crippen molar-refractivity contribution in [3.63, 3.8) is 0 Å². The van der Waals surface area contributed by atoms with E-state index in [9.17, 15) is 13.2 Å². The Bertz CT molecular complexity index is 990. The number of piperazine rings is 1. The predicted molar refractivity (Wildman–Crippen MR) is 113 cm³/mol. The SMILES string of the molecule is CONS(=O)(=O)c1ccc(C(=O)N2CCN(Cc3cc(Cl)ccc3OC)CC2)cc1. The van der Waals surface area contributed by atoms with Gasteiger partial charge in [0, 0.05) is 48.9 Å². The van der Waals surface area contributed by atoms with Crippen molar-refractivity contribution >= 4 is 27.5 Å². The fraction of sp³-hybridized carbons (Fsp3) is 0.350. The van der Waals surface area contributed by atoms with Crippen molar-refractivity contribution < 1.29 is 22.8 Å². The Hall–Kier alpha value is -2.17. The summed E-state index contributed by atoms with van der Waals surface area (Å²) in [6, 6.07) is 11.3. The molecular formula is C20H24ClN3O5S. The van der Waals surface area contributed by atoms with Crippen molar-refractivity contribution in [3.05, 3.63) is 58.6 Å². The van der Waals surface area contributed by atoms with E-state index in [-0.39, 0.29) is 10.8 Å².